The molecular formula is C28H22F6N6O4. The molecule has 2 bridgehead atoms. The number of hydrogen-bond donors (Lipinski definition) is 2. The van der Waals surface area contributed by atoms with Gasteiger partial charge in [-0.05, 0) is 43.4 Å². The molecule has 0 spiro atoms. The number of fused-ring (bicyclic) bond motifs is 4. The summed E-state index contributed by atoms with van der Waals surface area (Å²) in [6, 6.07) is 2.64. The Morgan fingerprint density at radius 1 is 1.05 bits per heavy atom. The molecule has 2 fully saturated rings. The molecule has 4 aromatic rings. The number of carbonyl (C=O) groups is 2. The summed E-state index contributed by atoms with van der Waals surface area (Å²) in [7, 11) is 0. The summed E-state index contributed by atoms with van der Waals surface area (Å²) >= 11 is 0. The minimum atomic E-state index is -4.79. The molecule has 0 saturated carbocycles. The lowest BCUT2D eigenvalue weighted by Crippen LogP contribution is -2.55. The number of Topliss-reactive ketones (excluding diaryl/α,β-unsaturated/α-hetero) is 1. The van der Waals surface area contributed by atoms with Crippen molar-refractivity contribution in [3.63, 3.8) is 0 Å². The van der Waals surface area contributed by atoms with Crippen molar-refractivity contribution in [3.8, 4) is 17.3 Å². The smallest absolute Gasteiger partial charge is 0.422 e. The fourth-order valence-corrected chi connectivity index (χ4v) is 6.02. The first kappa shape index (κ1) is 29.2. The minimum absolute atomic E-state index is 0.0461. The number of aromatic nitrogens is 3. The topological polar surface area (TPSA) is 135 Å². The van der Waals surface area contributed by atoms with Crippen molar-refractivity contribution in [2.24, 2.45) is 0 Å². The van der Waals surface area contributed by atoms with Gasteiger partial charge in [0.15, 0.2) is 29.8 Å². The van der Waals surface area contributed by atoms with Gasteiger partial charge in [0.2, 0.25) is 0 Å². The van der Waals surface area contributed by atoms with Crippen molar-refractivity contribution in [2.45, 2.75) is 38.0 Å². The molecule has 2 atom stereocenters. The van der Waals surface area contributed by atoms with Crippen LogP contribution in [-0.4, -0.2) is 74.8 Å². The van der Waals surface area contributed by atoms with Crippen LogP contribution in [-0.2, 0) is 0 Å². The fraction of sp³-hybridized carbons (Fsp3) is 0.321. The molecule has 0 unspecified atom stereocenters. The van der Waals surface area contributed by atoms with Crippen LogP contribution >= 0.6 is 0 Å². The van der Waals surface area contributed by atoms with Crippen LogP contribution in [0.3, 0.4) is 0 Å². The number of benzene rings is 2. The zero-order valence-corrected chi connectivity index (χ0v) is 22.8. The Morgan fingerprint density at radius 2 is 1.73 bits per heavy atom. The number of pyridine rings is 1. The van der Waals surface area contributed by atoms with Crippen molar-refractivity contribution in [2.75, 3.05) is 30.3 Å². The predicted octanol–water partition coefficient (Wildman–Crippen LogP) is 5.32. The highest BCUT2D eigenvalue weighted by Gasteiger charge is 2.44. The van der Waals surface area contributed by atoms with E-state index in [0.29, 0.717) is 12.8 Å². The molecule has 0 aliphatic carbocycles. The molecule has 2 saturated heterocycles. The van der Waals surface area contributed by atoms with Crippen LogP contribution in [0.25, 0.3) is 32.9 Å². The van der Waals surface area contributed by atoms with Gasteiger partial charge in [-0.15, -0.1) is 0 Å². The first-order chi connectivity index (χ1) is 20.7. The van der Waals surface area contributed by atoms with E-state index in [0.717, 1.165) is 13.0 Å². The number of hydrogen-bond acceptors (Lipinski definition) is 8. The maximum absolute atomic E-state index is 16.7. The Balaban J connectivity index is 1.62. The van der Waals surface area contributed by atoms with E-state index in [9.17, 15) is 32.3 Å². The minimum Gasteiger partial charge on any atom is -0.465 e. The van der Waals surface area contributed by atoms with Gasteiger partial charge in [-0.3, -0.25) is 9.69 Å². The fourth-order valence-electron chi connectivity index (χ4n) is 6.02. The van der Waals surface area contributed by atoms with E-state index in [2.05, 4.69) is 15.0 Å². The number of carboxylic acid groups (broad SMARTS) is 1. The monoisotopic (exact) mass is 620 g/mol. The highest BCUT2D eigenvalue weighted by atomic mass is 19.4. The number of ether oxygens (including phenoxy) is 1. The van der Waals surface area contributed by atoms with Crippen LogP contribution in [0.15, 0.2) is 24.3 Å². The lowest BCUT2D eigenvalue weighted by atomic mass is 9.94. The summed E-state index contributed by atoms with van der Waals surface area (Å²) in [5.74, 6) is -4.97. The molecule has 3 N–H and O–H groups in total. The van der Waals surface area contributed by atoms with E-state index in [1.54, 1.807) is 4.90 Å². The van der Waals surface area contributed by atoms with Crippen LogP contribution in [0, 0.1) is 17.5 Å². The molecule has 230 valence electrons. The van der Waals surface area contributed by atoms with Crippen molar-refractivity contribution >= 4 is 45.2 Å². The number of amides is 1. The molecule has 10 nitrogen and oxygen atoms in total. The largest absolute Gasteiger partial charge is 0.465 e. The number of ketones is 1. The van der Waals surface area contributed by atoms with Crippen molar-refractivity contribution in [1.82, 2.24) is 19.9 Å². The van der Waals surface area contributed by atoms with Gasteiger partial charge in [0.05, 0.1) is 17.8 Å². The van der Waals surface area contributed by atoms with Crippen molar-refractivity contribution in [1.29, 1.82) is 0 Å². The average Bonchev–Trinajstić information content (AvgIpc) is 3.22. The number of rotatable bonds is 5. The van der Waals surface area contributed by atoms with Gasteiger partial charge in [0, 0.05) is 35.0 Å². The Morgan fingerprint density at radius 3 is 2.34 bits per heavy atom. The highest BCUT2D eigenvalue weighted by Crippen LogP contribution is 2.41. The summed E-state index contributed by atoms with van der Waals surface area (Å²) in [5, 5.41) is 9.11. The number of carbonyl (C=O) groups excluding carboxylic acids is 1. The summed E-state index contributed by atoms with van der Waals surface area (Å²) in [4.78, 5) is 39.7. The summed E-state index contributed by atoms with van der Waals surface area (Å²) in [6.07, 6.45) is -4.89. The van der Waals surface area contributed by atoms with Gasteiger partial charge in [-0.2, -0.15) is 23.1 Å². The second-order valence-electron chi connectivity index (χ2n) is 10.6. The number of nitrogens with zero attached hydrogens (tertiary/aromatic N) is 5. The zero-order chi connectivity index (χ0) is 31.7. The van der Waals surface area contributed by atoms with E-state index in [1.807, 2.05) is 0 Å². The molecule has 2 aliphatic rings. The van der Waals surface area contributed by atoms with E-state index in [1.165, 1.54) is 23.1 Å². The van der Waals surface area contributed by atoms with E-state index in [-0.39, 0.29) is 41.1 Å². The molecule has 2 aromatic carbocycles. The third-order valence-corrected chi connectivity index (χ3v) is 7.78. The highest BCUT2D eigenvalue weighted by molar-refractivity contribution is 6.10. The second-order valence-corrected chi connectivity index (χ2v) is 10.6. The molecule has 2 aliphatic heterocycles. The number of nitrogen functional groups attached to an aromatic ring is 1. The van der Waals surface area contributed by atoms with E-state index in [4.69, 9.17) is 10.5 Å². The lowest BCUT2D eigenvalue weighted by molar-refractivity contribution is -0.154. The van der Waals surface area contributed by atoms with E-state index < -0.39 is 82.4 Å². The summed E-state index contributed by atoms with van der Waals surface area (Å²) in [5.41, 5.74) is 3.84. The van der Waals surface area contributed by atoms with Gasteiger partial charge >= 0.3 is 18.3 Å². The van der Waals surface area contributed by atoms with Gasteiger partial charge in [0.1, 0.15) is 17.2 Å². The maximum atomic E-state index is 16.7. The first-order valence-electron chi connectivity index (χ1n) is 13.3. The molecule has 2 aromatic heterocycles. The third kappa shape index (κ3) is 4.93. The lowest BCUT2D eigenvalue weighted by Gasteiger charge is -2.40. The molecule has 6 rings (SSSR count). The third-order valence-electron chi connectivity index (χ3n) is 7.78. The van der Waals surface area contributed by atoms with Gasteiger partial charge in [0.25, 0.3) is 0 Å². The van der Waals surface area contributed by atoms with Crippen LogP contribution in [0.1, 0.15) is 30.1 Å². The molecule has 4 heterocycles. The Labute approximate surface area is 244 Å². The standard InChI is InChI=1S/C28H22F6N6O4/c1-11(41)15-7-16-23(22(31)20(15)24-19-12(6-18(35)36-24)2-5-17(29)21(19)30)37-26(44-10-28(32,33)34)38-25(16)39-8-13-3-4-14(9-39)40(13)27(42)43/h2,5-7,13-14H,3-4,8-10H2,1H3,(H2,35,36)(H,42,43)/t13-,14+. The Bertz CT molecular complexity index is 1860. The Hall–Kier alpha value is -4.89. The van der Waals surface area contributed by atoms with Crippen LogP contribution in [0.2, 0.25) is 0 Å². The second kappa shape index (κ2) is 10.4. The quantitative estimate of drug-likeness (QED) is 0.225. The number of anilines is 2. The van der Waals surface area contributed by atoms with Crippen LogP contribution in [0.5, 0.6) is 6.01 Å². The van der Waals surface area contributed by atoms with Gasteiger partial charge in [-0.1, -0.05) is 6.07 Å². The summed E-state index contributed by atoms with van der Waals surface area (Å²) in [6.45, 7) is -0.568. The van der Waals surface area contributed by atoms with E-state index >= 15 is 8.78 Å². The SMILES string of the molecule is CC(=O)c1cc2c(N3C[C@H]4CC[C@@H](C3)N4C(=O)O)nc(OCC(F)(F)F)nc2c(F)c1-c1nc(N)cc2ccc(F)c(F)c12. The molecule has 44 heavy (non-hydrogen) atoms. The van der Waals surface area contributed by atoms with Crippen LogP contribution < -0.4 is 15.4 Å². The molecular weight excluding hydrogens is 598 g/mol. The number of nitrogens with two attached hydrogens (primary N) is 1. The number of halogens is 6. The summed E-state index contributed by atoms with van der Waals surface area (Å²) < 4.78 is 90.1. The first-order valence-corrected chi connectivity index (χ1v) is 13.3. The average molecular weight is 621 g/mol. The maximum Gasteiger partial charge on any atom is 0.422 e. The number of piperazine rings is 1. The van der Waals surface area contributed by atoms with Gasteiger partial charge < -0.3 is 20.5 Å². The molecule has 0 radical (unpaired) electrons. The normalized spacial score (nSPS) is 18.3. The zero-order valence-electron chi connectivity index (χ0n) is 22.8. The molecule has 16 heteroatoms. The predicted molar refractivity (Wildman–Crippen MR) is 145 cm³/mol. The number of alkyl halides is 3. The van der Waals surface area contributed by atoms with Crippen molar-refractivity contribution < 1.29 is 45.8 Å². The van der Waals surface area contributed by atoms with Gasteiger partial charge in [-0.25, -0.2) is 22.9 Å². The van der Waals surface area contributed by atoms with Crippen LogP contribution in [0.4, 0.5) is 42.8 Å². The molecule has 1 amide bonds. The van der Waals surface area contributed by atoms with Crippen molar-refractivity contribution in [3.05, 3.63) is 47.3 Å². The Kier molecular flexibility index (Phi) is 6.89.